The fraction of sp³-hybridized carbons (Fsp3) is 0.500. The summed E-state index contributed by atoms with van der Waals surface area (Å²) in [5.74, 6) is -1.48. The third kappa shape index (κ3) is 7.86. The van der Waals surface area contributed by atoms with E-state index in [1.165, 1.54) is 0 Å². The topological polar surface area (TPSA) is 92.3 Å². The van der Waals surface area contributed by atoms with Crippen LogP contribution in [0.1, 0.15) is 23.1 Å². The molecule has 248 valence electrons. The van der Waals surface area contributed by atoms with Crippen LogP contribution < -0.4 is 0 Å². The highest BCUT2D eigenvalue weighted by Crippen LogP contribution is 2.46. The molecule has 0 bridgehead atoms. The summed E-state index contributed by atoms with van der Waals surface area (Å²) in [5, 5.41) is 0. The zero-order valence-corrected chi connectivity index (χ0v) is 26.6. The number of hydrogen-bond acceptors (Lipinski definition) is 10. The summed E-state index contributed by atoms with van der Waals surface area (Å²) in [5.41, 5.74) is 3.14. The Bertz CT molecular complexity index is 1310. The van der Waals surface area contributed by atoms with E-state index in [0.717, 1.165) is 16.7 Å². The first kappa shape index (κ1) is 33.2. The Morgan fingerprint density at radius 3 is 1.78 bits per heavy atom. The van der Waals surface area contributed by atoms with Gasteiger partial charge in [-0.3, -0.25) is 0 Å². The molecule has 10 nitrogen and oxygen atoms in total. The highest BCUT2D eigenvalue weighted by Gasteiger charge is 2.63. The average molecular weight is 637 g/mol. The van der Waals surface area contributed by atoms with E-state index in [-0.39, 0.29) is 13.0 Å². The second-order valence-electron chi connectivity index (χ2n) is 11.7. The van der Waals surface area contributed by atoms with Gasteiger partial charge in [-0.2, -0.15) is 0 Å². The van der Waals surface area contributed by atoms with Gasteiger partial charge in [0.25, 0.3) is 5.97 Å². The molecule has 0 radical (unpaired) electrons. The smallest absolute Gasteiger partial charge is 0.287 e. The van der Waals surface area contributed by atoms with E-state index in [4.69, 9.17) is 47.4 Å². The predicted octanol–water partition coefficient (Wildman–Crippen LogP) is 4.63. The molecule has 46 heavy (non-hydrogen) atoms. The molecule has 1 unspecified atom stereocenters. The summed E-state index contributed by atoms with van der Waals surface area (Å²) in [4.78, 5) is 0. The number of rotatable bonds is 14. The highest BCUT2D eigenvalue weighted by atomic mass is 16.9. The van der Waals surface area contributed by atoms with Crippen molar-refractivity contribution in [3.63, 3.8) is 0 Å². The normalized spacial score (nSPS) is 32.4. The largest absolute Gasteiger partial charge is 0.382 e. The van der Waals surface area contributed by atoms with E-state index in [1.54, 1.807) is 21.3 Å². The van der Waals surface area contributed by atoms with E-state index in [2.05, 4.69) is 0 Å². The lowest BCUT2D eigenvalue weighted by molar-refractivity contribution is -0.410. The molecule has 0 aromatic heterocycles. The first-order chi connectivity index (χ1) is 22.6. The Labute approximate surface area is 270 Å². The third-order valence-electron chi connectivity index (χ3n) is 8.56. The van der Waals surface area contributed by atoms with Crippen LogP contribution in [-0.2, 0) is 67.2 Å². The molecule has 3 aromatic carbocycles. The molecule has 0 N–H and O–H groups in total. The van der Waals surface area contributed by atoms with E-state index in [0.29, 0.717) is 26.4 Å². The van der Waals surface area contributed by atoms with Crippen molar-refractivity contribution in [2.75, 3.05) is 34.5 Å². The Hall–Kier alpha value is -2.74. The molecule has 3 aromatic rings. The second-order valence-corrected chi connectivity index (χ2v) is 11.7. The van der Waals surface area contributed by atoms with Crippen LogP contribution in [0.4, 0.5) is 0 Å². The van der Waals surface area contributed by atoms with Crippen LogP contribution in [0, 0.1) is 0 Å². The monoisotopic (exact) mass is 636 g/mol. The van der Waals surface area contributed by atoms with Crippen LogP contribution >= 0.6 is 0 Å². The van der Waals surface area contributed by atoms with E-state index in [9.17, 15) is 0 Å². The van der Waals surface area contributed by atoms with Crippen molar-refractivity contribution in [2.45, 2.75) is 81.2 Å². The van der Waals surface area contributed by atoms with Gasteiger partial charge in [0.05, 0.1) is 45.6 Å². The predicted molar refractivity (Wildman–Crippen MR) is 166 cm³/mol. The van der Waals surface area contributed by atoms with E-state index < -0.39 is 55.0 Å². The molecule has 3 heterocycles. The molecular weight excluding hydrogens is 592 g/mol. The van der Waals surface area contributed by atoms with Crippen molar-refractivity contribution < 1.29 is 47.4 Å². The number of methoxy groups -OCH3 is 3. The van der Waals surface area contributed by atoms with Crippen molar-refractivity contribution in [3.05, 3.63) is 108 Å². The maximum atomic E-state index is 6.76. The van der Waals surface area contributed by atoms with Gasteiger partial charge in [-0.1, -0.05) is 91.0 Å². The average Bonchev–Trinajstić information content (AvgIpc) is 3.46. The van der Waals surface area contributed by atoms with E-state index >= 15 is 0 Å². The number of benzene rings is 3. The maximum absolute atomic E-state index is 6.76. The van der Waals surface area contributed by atoms with Gasteiger partial charge in [0, 0.05) is 21.3 Å². The van der Waals surface area contributed by atoms with Crippen LogP contribution in [0.15, 0.2) is 91.0 Å². The molecule has 6 rings (SSSR count). The summed E-state index contributed by atoms with van der Waals surface area (Å²) >= 11 is 0. The Morgan fingerprint density at radius 1 is 0.609 bits per heavy atom. The Balaban J connectivity index is 1.28. The minimum atomic E-state index is -1.48. The molecule has 3 aliphatic heterocycles. The van der Waals surface area contributed by atoms with Gasteiger partial charge in [0.2, 0.25) is 0 Å². The molecule has 0 amide bonds. The zero-order valence-electron chi connectivity index (χ0n) is 26.6. The molecule has 3 aliphatic rings. The highest BCUT2D eigenvalue weighted by molar-refractivity contribution is 5.15. The molecule has 3 fully saturated rings. The Morgan fingerprint density at radius 2 is 1.20 bits per heavy atom. The van der Waals surface area contributed by atoms with Crippen LogP contribution in [0.3, 0.4) is 0 Å². The van der Waals surface area contributed by atoms with Gasteiger partial charge in [-0.25, -0.2) is 0 Å². The molecule has 9 atom stereocenters. The summed E-state index contributed by atoms with van der Waals surface area (Å²) < 4.78 is 62.8. The molecule has 3 saturated heterocycles. The second kappa shape index (κ2) is 15.9. The SMILES string of the molecule is COC[C@H]1O[C@H](OC)[C@@H]2OC3(C[C@@H](OCc4ccccc4)[C@H](OCc4ccccc4)[C@@H](COCc4ccccc4)O3)O[C@H]2[C@@H]1OC. The maximum Gasteiger partial charge on any atom is 0.287 e. The molecule has 0 saturated carbocycles. The van der Waals surface area contributed by atoms with Crippen LogP contribution in [0.5, 0.6) is 0 Å². The quantitative estimate of drug-likeness (QED) is 0.249. The van der Waals surface area contributed by atoms with Crippen molar-refractivity contribution in [2.24, 2.45) is 0 Å². The number of ether oxygens (including phenoxy) is 10. The lowest BCUT2D eigenvalue weighted by Gasteiger charge is -2.45. The van der Waals surface area contributed by atoms with Crippen molar-refractivity contribution >= 4 is 0 Å². The third-order valence-corrected chi connectivity index (χ3v) is 8.56. The summed E-state index contributed by atoms with van der Waals surface area (Å²) in [6.07, 6.45) is -4.12. The van der Waals surface area contributed by atoms with Gasteiger partial charge in [0.15, 0.2) is 6.29 Å². The van der Waals surface area contributed by atoms with Gasteiger partial charge < -0.3 is 47.4 Å². The van der Waals surface area contributed by atoms with Gasteiger partial charge in [0.1, 0.15) is 36.6 Å². The summed E-state index contributed by atoms with van der Waals surface area (Å²) in [7, 11) is 4.82. The van der Waals surface area contributed by atoms with Gasteiger partial charge in [-0.15, -0.1) is 0 Å². The first-order valence-corrected chi connectivity index (χ1v) is 15.8. The van der Waals surface area contributed by atoms with Crippen molar-refractivity contribution in [1.82, 2.24) is 0 Å². The summed E-state index contributed by atoms with van der Waals surface area (Å²) in [6, 6.07) is 30.1. The van der Waals surface area contributed by atoms with E-state index in [1.807, 2.05) is 91.0 Å². The van der Waals surface area contributed by atoms with Crippen LogP contribution in [0.2, 0.25) is 0 Å². The number of fused-ring (bicyclic) bond motifs is 1. The minimum absolute atomic E-state index is 0.216. The molecule has 1 spiro atoms. The molecule has 10 heteroatoms. The molecule has 0 aliphatic carbocycles. The van der Waals surface area contributed by atoms with Crippen LogP contribution in [0.25, 0.3) is 0 Å². The minimum Gasteiger partial charge on any atom is -0.382 e. The zero-order chi connectivity index (χ0) is 31.8. The van der Waals surface area contributed by atoms with Crippen molar-refractivity contribution in [3.8, 4) is 0 Å². The first-order valence-electron chi connectivity index (χ1n) is 15.8. The fourth-order valence-corrected chi connectivity index (χ4v) is 6.36. The molecular formula is C36H44O10. The van der Waals surface area contributed by atoms with Gasteiger partial charge >= 0.3 is 0 Å². The lowest BCUT2D eigenvalue weighted by Crippen LogP contribution is -2.58. The van der Waals surface area contributed by atoms with Crippen molar-refractivity contribution in [1.29, 1.82) is 0 Å². The lowest BCUT2D eigenvalue weighted by atomic mass is 9.99. The Kier molecular flexibility index (Phi) is 11.5. The summed E-state index contributed by atoms with van der Waals surface area (Å²) in [6.45, 7) is 1.67. The van der Waals surface area contributed by atoms with Gasteiger partial charge in [-0.05, 0) is 16.7 Å². The number of hydrogen-bond donors (Lipinski definition) is 0. The van der Waals surface area contributed by atoms with Crippen LogP contribution in [-0.4, -0.2) is 89.5 Å². The standard InChI is InChI=1S/C36H44O10/c1-37-23-29-32(38-2)33-34(35(39-3)43-29)46-36(45-33)19-28(41-21-26-15-9-5-10-16-26)31(42-22-27-17-11-6-12-18-27)30(44-36)24-40-20-25-13-7-4-8-14-25/h4-18,28-35H,19-24H2,1-3H3/t28-,29-,30-,31+,32-,33+,34-,35+,36?/m1/s1. The fourth-order valence-electron chi connectivity index (χ4n) is 6.36.